The summed E-state index contributed by atoms with van der Waals surface area (Å²) in [4.78, 5) is 0. The van der Waals surface area contributed by atoms with Gasteiger partial charge in [-0.25, -0.2) is 4.39 Å². The Morgan fingerprint density at radius 1 is 1.14 bits per heavy atom. The summed E-state index contributed by atoms with van der Waals surface area (Å²) >= 11 is 0. The van der Waals surface area contributed by atoms with Gasteiger partial charge in [-0.2, -0.15) is 0 Å². The second-order valence-corrected chi connectivity index (χ2v) is 5.87. The minimum Gasteiger partial charge on any atom is -0.482 e. The van der Waals surface area contributed by atoms with E-state index in [1.165, 1.54) is 12.1 Å². The molecule has 2 aromatic rings. The molecule has 0 aliphatic carbocycles. The van der Waals surface area contributed by atoms with E-state index < -0.39 is 5.60 Å². The first kappa shape index (κ1) is 14.4. The van der Waals surface area contributed by atoms with Crippen LogP contribution in [0, 0.1) is 5.82 Å². The molecule has 0 bridgehead atoms. The van der Waals surface area contributed by atoms with Crippen molar-refractivity contribution in [1.82, 2.24) is 0 Å². The molecule has 2 N–H and O–H groups in total. The van der Waals surface area contributed by atoms with Crippen LogP contribution in [0.15, 0.2) is 60.7 Å². The Morgan fingerprint density at radius 3 is 2.45 bits per heavy atom. The number of nitrogen functional groups attached to an aromatic ring is 1. The maximum Gasteiger partial charge on any atom is 0.130 e. The van der Waals surface area contributed by atoms with Crippen LogP contribution in [0.5, 0.6) is 5.75 Å². The molecule has 2 aromatic carbocycles. The van der Waals surface area contributed by atoms with Gasteiger partial charge in [0.2, 0.25) is 0 Å². The fraction of sp³-hybridized carbons (Fsp3) is 0.158. The van der Waals surface area contributed by atoms with Crippen molar-refractivity contribution in [2.45, 2.75) is 19.4 Å². The molecule has 1 heterocycles. The number of anilines is 1. The normalized spacial score (nSPS) is 16.0. The summed E-state index contributed by atoms with van der Waals surface area (Å²) in [5.41, 5.74) is 9.83. The van der Waals surface area contributed by atoms with E-state index in [1.807, 2.05) is 32.0 Å². The molecule has 0 unspecified atom stereocenters. The number of hydrogen-bond donors (Lipinski definition) is 1. The highest BCUT2D eigenvalue weighted by molar-refractivity contribution is 5.89. The number of halogens is 1. The number of hydrogen-bond acceptors (Lipinski definition) is 2. The second-order valence-electron chi connectivity index (χ2n) is 5.87. The summed E-state index contributed by atoms with van der Waals surface area (Å²) < 4.78 is 19.4. The van der Waals surface area contributed by atoms with Gasteiger partial charge >= 0.3 is 0 Å². The predicted molar refractivity (Wildman–Crippen MR) is 88.2 cm³/mol. The maximum atomic E-state index is 13.3. The van der Waals surface area contributed by atoms with Crippen molar-refractivity contribution in [3.8, 4) is 5.75 Å². The molecule has 0 saturated heterocycles. The van der Waals surface area contributed by atoms with Crippen molar-refractivity contribution in [3.05, 3.63) is 77.6 Å². The lowest BCUT2D eigenvalue weighted by atomic mass is 9.82. The lowest BCUT2D eigenvalue weighted by molar-refractivity contribution is 0.149. The topological polar surface area (TPSA) is 35.2 Å². The zero-order valence-corrected chi connectivity index (χ0v) is 12.7. The number of fused-ring (bicyclic) bond motifs is 1. The Labute approximate surface area is 129 Å². The molecule has 0 aromatic heterocycles. The molecule has 22 heavy (non-hydrogen) atoms. The third kappa shape index (κ3) is 2.29. The molecule has 0 saturated carbocycles. The number of ether oxygens (including phenoxy) is 1. The van der Waals surface area contributed by atoms with Gasteiger partial charge in [0.25, 0.3) is 0 Å². The van der Waals surface area contributed by atoms with Crippen molar-refractivity contribution in [2.24, 2.45) is 0 Å². The summed E-state index contributed by atoms with van der Waals surface area (Å²) in [5.74, 6) is 0.475. The molecule has 0 amide bonds. The van der Waals surface area contributed by atoms with E-state index in [9.17, 15) is 4.39 Å². The molecule has 112 valence electrons. The van der Waals surface area contributed by atoms with E-state index in [2.05, 4.69) is 6.58 Å². The monoisotopic (exact) mass is 295 g/mol. The molecular weight excluding hydrogens is 277 g/mol. The van der Waals surface area contributed by atoms with Crippen molar-refractivity contribution in [3.63, 3.8) is 0 Å². The van der Waals surface area contributed by atoms with Crippen LogP contribution in [-0.2, 0) is 0 Å². The van der Waals surface area contributed by atoms with Crippen LogP contribution in [-0.4, -0.2) is 5.60 Å². The molecule has 0 atom stereocenters. The average molecular weight is 295 g/mol. The molecule has 3 heteroatoms. The van der Waals surface area contributed by atoms with Crippen molar-refractivity contribution in [2.75, 3.05) is 5.73 Å². The van der Waals surface area contributed by atoms with Gasteiger partial charge < -0.3 is 10.5 Å². The quantitative estimate of drug-likeness (QED) is 0.824. The summed E-state index contributed by atoms with van der Waals surface area (Å²) in [6, 6.07) is 12.1. The minimum atomic E-state index is -0.535. The van der Waals surface area contributed by atoms with E-state index in [0.29, 0.717) is 5.69 Å². The number of benzene rings is 2. The van der Waals surface area contributed by atoms with E-state index in [0.717, 1.165) is 28.0 Å². The van der Waals surface area contributed by atoms with Gasteiger partial charge in [0, 0.05) is 22.9 Å². The third-order valence-electron chi connectivity index (χ3n) is 3.90. The Morgan fingerprint density at radius 2 is 1.82 bits per heavy atom. The first-order chi connectivity index (χ1) is 10.4. The zero-order chi connectivity index (χ0) is 15.9. The van der Waals surface area contributed by atoms with E-state index >= 15 is 0 Å². The minimum absolute atomic E-state index is 0.256. The van der Waals surface area contributed by atoms with Crippen molar-refractivity contribution in [1.29, 1.82) is 0 Å². The van der Waals surface area contributed by atoms with Crippen LogP contribution in [0.3, 0.4) is 0 Å². The lowest BCUT2D eigenvalue weighted by Gasteiger charge is -2.36. The fourth-order valence-corrected chi connectivity index (χ4v) is 2.88. The number of nitrogens with two attached hydrogens (primary N) is 1. The second kappa shape index (κ2) is 5.02. The highest BCUT2D eigenvalue weighted by Gasteiger charge is 2.33. The summed E-state index contributed by atoms with van der Waals surface area (Å²) in [7, 11) is 0. The standard InChI is InChI=1S/C19H18FNO/c1-4-16-18(12-5-7-13(20)8-6-12)15-10-9-14(21)11-17(15)22-19(16,2)3/h4-11H,1,21H2,2-3H3. The number of rotatable bonds is 2. The maximum absolute atomic E-state index is 13.3. The fourth-order valence-electron chi connectivity index (χ4n) is 2.88. The summed E-state index contributed by atoms with van der Waals surface area (Å²) in [5, 5.41) is 0. The molecule has 0 fully saturated rings. The SMILES string of the molecule is C=CC1=C(c2ccc(F)cc2)c2ccc(N)cc2OC1(C)C. The molecule has 3 rings (SSSR count). The molecule has 0 radical (unpaired) electrons. The van der Waals surface area contributed by atoms with Gasteiger partial charge in [0.15, 0.2) is 0 Å². The predicted octanol–water partition coefficient (Wildman–Crippen LogP) is 4.57. The molecular formula is C19H18FNO. The van der Waals surface area contributed by atoms with Gasteiger partial charge in [0.05, 0.1) is 0 Å². The van der Waals surface area contributed by atoms with Gasteiger partial charge in [0.1, 0.15) is 17.2 Å². The Kier molecular flexibility index (Phi) is 3.28. The Bertz CT molecular complexity index is 773. The van der Waals surface area contributed by atoms with Crippen molar-refractivity contribution >= 4 is 11.3 Å². The van der Waals surface area contributed by atoms with Crippen LogP contribution in [0.2, 0.25) is 0 Å². The van der Waals surface area contributed by atoms with Gasteiger partial charge in [-0.1, -0.05) is 24.8 Å². The summed E-state index contributed by atoms with van der Waals surface area (Å²) in [6.45, 7) is 7.90. The van der Waals surface area contributed by atoms with E-state index in [1.54, 1.807) is 18.2 Å². The van der Waals surface area contributed by atoms with Crippen LogP contribution in [0.4, 0.5) is 10.1 Å². The Hall–Kier alpha value is -2.55. The first-order valence-corrected chi connectivity index (χ1v) is 7.14. The van der Waals surface area contributed by atoms with Gasteiger partial charge in [-0.3, -0.25) is 0 Å². The first-order valence-electron chi connectivity index (χ1n) is 7.14. The molecule has 1 aliphatic heterocycles. The van der Waals surface area contributed by atoms with Crippen LogP contribution in [0.25, 0.3) is 5.57 Å². The van der Waals surface area contributed by atoms with Crippen LogP contribution in [0.1, 0.15) is 25.0 Å². The molecule has 2 nitrogen and oxygen atoms in total. The van der Waals surface area contributed by atoms with E-state index in [4.69, 9.17) is 10.5 Å². The third-order valence-corrected chi connectivity index (χ3v) is 3.90. The molecule has 1 aliphatic rings. The largest absolute Gasteiger partial charge is 0.482 e. The van der Waals surface area contributed by atoms with Crippen LogP contribution < -0.4 is 10.5 Å². The smallest absolute Gasteiger partial charge is 0.130 e. The zero-order valence-electron chi connectivity index (χ0n) is 12.7. The highest BCUT2D eigenvalue weighted by Crippen LogP contribution is 2.44. The van der Waals surface area contributed by atoms with E-state index in [-0.39, 0.29) is 5.82 Å². The lowest BCUT2D eigenvalue weighted by Crippen LogP contribution is -2.34. The van der Waals surface area contributed by atoms with Gasteiger partial charge in [-0.15, -0.1) is 0 Å². The average Bonchev–Trinajstić information content (AvgIpc) is 2.45. The molecule has 0 spiro atoms. The van der Waals surface area contributed by atoms with Crippen LogP contribution >= 0.6 is 0 Å². The summed E-state index contributed by atoms with van der Waals surface area (Å²) in [6.07, 6.45) is 1.80. The van der Waals surface area contributed by atoms with Crippen molar-refractivity contribution < 1.29 is 9.13 Å². The Balaban J connectivity index is 2.32. The highest BCUT2D eigenvalue weighted by atomic mass is 19.1. The van der Waals surface area contributed by atoms with Gasteiger partial charge in [-0.05, 0) is 49.2 Å².